The summed E-state index contributed by atoms with van der Waals surface area (Å²) >= 11 is 0. The van der Waals surface area contributed by atoms with Gasteiger partial charge in [-0.1, -0.05) is 0 Å². The van der Waals surface area contributed by atoms with Gasteiger partial charge in [0.2, 0.25) is 5.84 Å². The molecule has 1 aliphatic heterocycles. The van der Waals surface area contributed by atoms with Gasteiger partial charge in [0.15, 0.2) is 11.5 Å². The lowest BCUT2D eigenvalue weighted by Gasteiger charge is -2.18. The van der Waals surface area contributed by atoms with Gasteiger partial charge < -0.3 is 19.9 Å². The number of methoxy groups -OCH3 is 2. The first-order valence-electron chi connectivity index (χ1n) is 5.00. The van der Waals surface area contributed by atoms with Crippen molar-refractivity contribution in [2.75, 3.05) is 19.5 Å². The molecule has 0 amide bonds. The van der Waals surface area contributed by atoms with E-state index in [0.29, 0.717) is 0 Å². The van der Waals surface area contributed by atoms with Crippen molar-refractivity contribution >= 4 is 27.5 Å². The number of carboxylic acids is 1. The number of rotatable bonds is 3. The largest absolute Gasteiger partial charge is 0.493 e. The minimum Gasteiger partial charge on any atom is -0.493 e. The molecule has 2 rings (SSSR count). The number of carboxylic acid groups (broad SMARTS) is 1. The van der Waals surface area contributed by atoms with E-state index in [1.54, 1.807) is 0 Å². The van der Waals surface area contributed by atoms with Crippen LogP contribution in [0.1, 0.15) is 0 Å². The Balaban J connectivity index is 2.67. The Kier molecular flexibility index (Phi) is 3.06. The summed E-state index contributed by atoms with van der Waals surface area (Å²) in [5.41, 5.74) is 0.0741. The van der Waals surface area contributed by atoms with E-state index >= 15 is 0 Å². The molecular formula is C10H10N2O6S. The fraction of sp³-hybridized carbons (Fsp3) is 0.200. The summed E-state index contributed by atoms with van der Waals surface area (Å²) in [5.74, 6) is -1.65. The second-order valence-corrected chi connectivity index (χ2v) is 5.12. The molecule has 0 radical (unpaired) electrons. The molecule has 2 N–H and O–H groups in total. The van der Waals surface area contributed by atoms with Gasteiger partial charge in [-0.2, -0.15) is 8.42 Å². The summed E-state index contributed by atoms with van der Waals surface area (Å²) in [6.45, 7) is 0. The van der Waals surface area contributed by atoms with Gasteiger partial charge in [-0.25, -0.2) is 4.79 Å². The van der Waals surface area contributed by atoms with E-state index in [9.17, 15) is 13.2 Å². The third-order valence-electron chi connectivity index (χ3n) is 2.43. The van der Waals surface area contributed by atoms with Crippen molar-refractivity contribution in [3.63, 3.8) is 0 Å². The molecule has 102 valence electrons. The van der Waals surface area contributed by atoms with Gasteiger partial charge >= 0.3 is 5.97 Å². The number of benzene rings is 1. The highest BCUT2D eigenvalue weighted by Gasteiger charge is 2.29. The van der Waals surface area contributed by atoms with Crippen LogP contribution in [0.15, 0.2) is 21.4 Å². The Bertz CT molecular complexity index is 680. The molecule has 1 heterocycles. The summed E-state index contributed by atoms with van der Waals surface area (Å²) in [7, 11) is -1.34. The number of ether oxygens (including phenoxy) is 2. The van der Waals surface area contributed by atoms with Crippen LogP contribution >= 0.6 is 0 Å². The van der Waals surface area contributed by atoms with Crippen LogP contribution in [-0.4, -0.2) is 39.5 Å². The van der Waals surface area contributed by atoms with Crippen molar-refractivity contribution in [2.24, 2.45) is 4.40 Å². The highest BCUT2D eigenvalue weighted by molar-refractivity contribution is 7.90. The van der Waals surface area contributed by atoms with Crippen molar-refractivity contribution in [3.8, 4) is 11.5 Å². The molecule has 19 heavy (non-hydrogen) atoms. The van der Waals surface area contributed by atoms with Crippen molar-refractivity contribution in [1.82, 2.24) is 0 Å². The van der Waals surface area contributed by atoms with Crippen molar-refractivity contribution in [2.45, 2.75) is 4.90 Å². The molecule has 0 fully saturated rings. The lowest BCUT2D eigenvalue weighted by molar-refractivity contribution is -0.129. The second-order valence-electron chi connectivity index (χ2n) is 3.55. The summed E-state index contributed by atoms with van der Waals surface area (Å²) in [5, 5.41) is 11.2. The van der Waals surface area contributed by atoms with E-state index in [1.165, 1.54) is 26.4 Å². The zero-order valence-electron chi connectivity index (χ0n) is 10.00. The van der Waals surface area contributed by atoms with Crippen LogP contribution in [0.2, 0.25) is 0 Å². The third kappa shape index (κ3) is 2.19. The number of carbonyl (C=O) groups is 1. The van der Waals surface area contributed by atoms with Crippen molar-refractivity contribution in [3.05, 3.63) is 12.1 Å². The predicted octanol–water partition coefficient (Wildman–Crippen LogP) is 0.301. The van der Waals surface area contributed by atoms with E-state index in [1.807, 2.05) is 0 Å². The molecule has 1 aromatic carbocycles. The number of nitrogens with zero attached hydrogens (tertiary/aromatic N) is 1. The van der Waals surface area contributed by atoms with E-state index in [4.69, 9.17) is 14.6 Å². The Labute approximate surface area is 108 Å². The third-order valence-corrected chi connectivity index (χ3v) is 3.75. The SMILES string of the molecule is COc1cc2c(cc1OC)S(=O)(=O)N=C(C(=O)O)N2. The number of amidine groups is 1. The fourth-order valence-electron chi connectivity index (χ4n) is 1.58. The molecule has 0 saturated carbocycles. The molecule has 1 aliphatic rings. The summed E-state index contributed by atoms with van der Waals surface area (Å²) < 4.78 is 36.9. The molecule has 0 bridgehead atoms. The molecule has 0 saturated heterocycles. The molecule has 0 aliphatic carbocycles. The van der Waals surface area contributed by atoms with Crippen molar-refractivity contribution < 1.29 is 27.8 Å². The van der Waals surface area contributed by atoms with Gasteiger partial charge in [0.05, 0.1) is 19.9 Å². The first kappa shape index (κ1) is 13.1. The monoisotopic (exact) mass is 286 g/mol. The van der Waals surface area contributed by atoms with Crippen molar-refractivity contribution in [1.29, 1.82) is 0 Å². The molecule has 0 unspecified atom stereocenters. The Morgan fingerprint density at radius 1 is 1.26 bits per heavy atom. The normalized spacial score (nSPS) is 15.8. The lowest BCUT2D eigenvalue weighted by Crippen LogP contribution is -2.28. The Morgan fingerprint density at radius 3 is 2.37 bits per heavy atom. The van der Waals surface area contributed by atoms with E-state index in [2.05, 4.69) is 9.71 Å². The van der Waals surface area contributed by atoms with E-state index < -0.39 is 21.8 Å². The molecule has 1 aromatic rings. The van der Waals surface area contributed by atoms with E-state index in [-0.39, 0.29) is 22.1 Å². The Hall–Kier alpha value is -2.29. The molecule has 0 aromatic heterocycles. The number of hydrogen-bond donors (Lipinski definition) is 2. The smallest absolute Gasteiger partial charge is 0.372 e. The first-order valence-corrected chi connectivity index (χ1v) is 6.44. The first-order chi connectivity index (χ1) is 8.89. The second kappa shape index (κ2) is 4.43. The number of nitrogens with one attached hydrogen (secondary N) is 1. The number of hydrogen-bond acceptors (Lipinski definition) is 6. The fourth-order valence-corrected chi connectivity index (χ4v) is 2.69. The maximum Gasteiger partial charge on any atom is 0.372 e. The molecule has 8 nitrogen and oxygen atoms in total. The lowest BCUT2D eigenvalue weighted by atomic mass is 10.2. The highest BCUT2D eigenvalue weighted by atomic mass is 32.2. The van der Waals surface area contributed by atoms with E-state index in [0.717, 1.165) is 0 Å². The average Bonchev–Trinajstić information content (AvgIpc) is 2.36. The molecular weight excluding hydrogens is 276 g/mol. The van der Waals surface area contributed by atoms with Gasteiger partial charge in [-0.15, -0.1) is 4.40 Å². The summed E-state index contributed by atoms with van der Waals surface area (Å²) in [4.78, 5) is 10.6. The highest BCUT2D eigenvalue weighted by Crippen LogP contribution is 2.37. The van der Waals surface area contributed by atoms with Gasteiger partial charge in [0.1, 0.15) is 4.90 Å². The number of anilines is 1. The average molecular weight is 286 g/mol. The van der Waals surface area contributed by atoms with Gasteiger partial charge in [0, 0.05) is 12.1 Å². The minimum atomic E-state index is -4.08. The van der Waals surface area contributed by atoms with Crippen LogP contribution < -0.4 is 14.8 Å². The zero-order chi connectivity index (χ0) is 14.2. The number of sulfonamides is 1. The van der Waals surface area contributed by atoms with Crippen LogP contribution in [0.25, 0.3) is 0 Å². The predicted molar refractivity (Wildman–Crippen MR) is 65.4 cm³/mol. The molecule has 9 heteroatoms. The topological polar surface area (TPSA) is 114 Å². The quantitative estimate of drug-likeness (QED) is 0.821. The zero-order valence-corrected chi connectivity index (χ0v) is 10.8. The number of aliphatic carboxylic acids is 1. The maximum atomic E-state index is 11.9. The van der Waals surface area contributed by atoms with Crippen LogP contribution in [0.3, 0.4) is 0 Å². The van der Waals surface area contributed by atoms with Crippen LogP contribution in [0.5, 0.6) is 11.5 Å². The van der Waals surface area contributed by atoms with Crippen LogP contribution in [-0.2, 0) is 14.8 Å². The molecule has 0 atom stereocenters. The van der Waals surface area contributed by atoms with Gasteiger partial charge in [0.25, 0.3) is 10.0 Å². The summed E-state index contributed by atoms with van der Waals surface area (Å²) in [6, 6.07) is 2.56. The summed E-state index contributed by atoms with van der Waals surface area (Å²) in [6.07, 6.45) is 0. The minimum absolute atomic E-state index is 0.0741. The van der Waals surface area contributed by atoms with Gasteiger partial charge in [-0.3, -0.25) is 0 Å². The number of fused-ring (bicyclic) bond motifs is 1. The van der Waals surface area contributed by atoms with Crippen LogP contribution in [0.4, 0.5) is 5.69 Å². The van der Waals surface area contributed by atoms with Gasteiger partial charge in [-0.05, 0) is 0 Å². The van der Waals surface area contributed by atoms with Crippen LogP contribution in [0, 0.1) is 0 Å². The standard InChI is InChI=1S/C10H10N2O6S/c1-17-6-3-5-8(4-7(6)18-2)19(15,16)12-9(11-5)10(13)14/h3-4H,1-2H3,(H,11,12)(H,13,14). The molecule has 0 spiro atoms. The Morgan fingerprint density at radius 2 is 1.84 bits per heavy atom. The maximum absolute atomic E-state index is 11.9.